The molecule has 0 aliphatic heterocycles. The number of rotatable bonds is 6. The first-order chi connectivity index (χ1) is 10.6. The Labute approximate surface area is 127 Å². The van der Waals surface area contributed by atoms with Crippen LogP contribution in [0.2, 0.25) is 0 Å². The molecule has 0 radical (unpaired) electrons. The molecule has 2 rings (SSSR count). The number of hydrogen-bond acceptors (Lipinski definition) is 5. The molecule has 0 bridgehead atoms. The Morgan fingerprint density at radius 2 is 2.00 bits per heavy atom. The Morgan fingerprint density at radius 3 is 2.64 bits per heavy atom. The zero-order chi connectivity index (χ0) is 15.8. The van der Waals surface area contributed by atoms with Crippen molar-refractivity contribution in [2.45, 2.75) is 19.1 Å². The van der Waals surface area contributed by atoms with Gasteiger partial charge < -0.3 is 15.2 Å². The normalized spacial score (nSPS) is 11.5. The van der Waals surface area contributed by atoms with Crippen molar-refractivity contribution in [3.05, 3.63) is 60.2 Å². The van der Waals surface area contributed by atoms with E-state index in [9.17, 15) is 9.59 Å². The average Bonchev–Trinajstić information content (AvgIpc) is 2.54. The molecule has 2 aromatic rings. The van der Waals surface area contributed by atoms with E-state index in [1.165, 1.54) is 12.5 Å². The van der Waals surface area contributed by atoms with Gasteiger partial charge >= 0.3 is 12.1 Å². The SMILES string of the molecule is O=C(O)CC(NC(=O)OCc1ccccc1)c1ccncn1. The topological polar surface area (TPSA) is 101 Å². The minimum Gasteiger partial charge on any atom is -0.481 e. The molecule has 0 aliphatic carbocycles. The smallest absolute Gasteiger partial charge is 0.408 e. The lowest BCUT2D eigenvalue weighted by Crippen LogP contribution is -2.31. The first kappa shape index (κ1) is 15.4. The van der Waals surface area contributed by atoms with E-state index in [2.05, 4.69) is 15.3 Å². The standard InChI is InChI=1S/C15H15N3O4/c19-14(20)8-13(12-6-7-16-10-17-12)18-15(21)22-9-11-4-2-1-3-5-11/h1-7,10,13H,8-9H2,(H,18,21)(H,19,20). The van der Waals surface area contributed by atoms with E-state index in [-0.39, 0.29) is 13.0 Å². The summed E-state index contributed by atoms with van der Waals surface area (Å²) in [7, 11) is 0. The molecule has 7 nitrogen and oxygen atoms in total. The number of aliphatic carboxylic acids is 1. The molecule has 1 atom stereocenters. The Morgan fingerprint density at radius 1 is 1.23 bits per heavy atom. The lowest BCUT2D eigenvalue weighted by molar-refractivity contribution is -0.137. The first-order valence-corrected chi connectivity index (χ1v) is 6.60. The fraction of sp³-hybridized carbons (Fsp3) is 0.200. The molecule has 0 fully saturated rings. The molecule has 1 aromatic heterocycles. The predicted molar refractivity (Wildman–Crippen MR) is 76.8 cm³/mol. The Kier molecular flexibility index (Phi) is 5.42. The van der Waals surface area contributed by atoms with Gasteiger partial charge in [-0.3, -0.25) is 4.79 Å². The largest absolute Gasteiger partial charge is 0.481 e. The van der Waals surface area contributed by atoms with Gasteiger partial charge in [0.05, 0.1) is 18.2 Å². The van der Waals surface area contributed by atoms with E-state index in [1.54, 1.807) is 6.07 Å². The zero-order valence-electron chi connectivity index (χ0n) is 11.7. The lowest BCUT2D eigenvalue weighted by Gasteiger charge is -2.16. The van der Waals surface area contributed by atoms with Crippen LogP contribution in [0.1, 0.15) is 23.7 Å². The number of alkyl carbamates (subject to hydrolysis) is 1. The number of amides is 1. The second-order valence-electron chi connectivity index (χ2n) is 4.49. The molecule has 1 unspecified atom stereocenters. The van der Waals surface area contributed by atoms with Crippen LogP contribution in [-0.2, 0) is 16.1 Å². The van der Waals surface area contributed by atoms with Gasteiger partial charge in [-0.15, -0.1) is 0 Å². The highest BCUT2D eigenvalue weighted by Crippen LogP contribution is 2.14. The highest BCUT2D eigenvalue weighted by atomic mass is 16.5. The molecule has 2 N–H and O–H groups in total. The average molecular weight is 301 g/mol. The monoisotopic (exact) mass is 301 g/mol. The quantitative estimate of drug-likeness (QED) is 0.845. The molecule has 0 aliphatic rings. The summed E-state index contributed by atoms with van der Waals surface area (Å²) in [5.74, 6) is -1.05. The molecular formula is C15H15N3O4. The summed E-state index contributed by atoms with van der Waals surface area (Å²) < 4.78 is 5.08. The molecule has 7 heteroatoms. The minimum atomic E-state index is -1.05. The number of carboxylic acid groups (broad SMARTS) is 1. The van der Waals surface area contributed by atoms with E-state index in [4.69, 9.17) is 9.84 Å². The fourth-order valence-electron chi connectivity index (χ4n) is 1.82. The number of nitrogens with zero attached hydrogens (tertiary/aromatic N) is 2. The van der Waals surface area contributed by atoms with Gasteiger partial charge in [0, 0.05) is 6.20 Å². The highest BCUT2D eigenvalue weighted by Gasteiger charge is 2.20. The third-order valence-electron chi connectivity index (χ3n) is 2.85. The molecular weight excluding hydrogens is 286 g/mol. The van der Waals surface area contributed by atoms with Crippen molar-refractivity contribution >= 4 is 12.1 Å². The molecule has 22 heavy (non-hydrogen) atoms. The predicted octanol–water partition coefficient (Wildman–Crippen LogP) is 1.92. The zero-order valence-corrected chi connectivity index (χ0v) is 11.7. The van der Waals surface area contributed by atoms with Gasteiger partial charge in [0.1, 0.15) is 12.9 Å². The summed E-state index contributed by atoms with van der Waals surface area (Å²) in [5, 5.41) is 11.4. The summed E-state index contributed by atoms with van der Waals surface area (Å²) in [5.41, 5.74) is 1.25. The van der Waals surface area contributed by atoms with Crippen molar-refractivity contribution < 1.29 is 19.4 Å². The molecule has 1 heterocycles. The van der Waals surface area contributed by atoms with E-state index in [0.29, 0.717) is 5.69 Å². The third kappa shape index (κ3) is 4.86. The van der Waals surface area contributed by atoms with Crippen LogP contribution in [0, 0.1) is 0 Å². The van der Waals surface area contributed by atoms with E-state index < -0.39 is 18.1 Å². The van der Waals surface area contributed by atoms with Crippen molar-refractivity contribution in [2.75, 3.05) is 0 Å². The van der Waals surface area contributed by atoms with Gasteiger partial charge in [0.25, 0.3) is 0 Å². The summed E-state index contributed by atoms with van der Waals surface area (Å²) in [6.07, 6.45) is 1.78. The number of carboxylic acids is 1. The van der Waals surface area contributed by atoms with Crippen LogP contribution in [0.4, 0.5) is 4.79 Å². The van der Waals surface area contributed by atoms with Gasteiger partial charge in [-0.25, -0.2) is 14.8 Å². The summed E-state index contributed by atoms with van der Waals surface area (Å²) in [6, 6.07) is 9.96. The summed E-state index contributed by atoms with van der Waals surface area (Å²) in [4.78, 5) is 30.4. The van der Waals surface area contributed by atoms with Gasteiger partial charge in [0.2, 0.25) is 0 Å². The third-order valence-corrected chi connectivity index (χ3v) is 2.85. The number of carbonyl (C=O) groups is 2. The Bertz CT molecular complexity index is 619. The van der Waals surface area contributed by atoms with E-state index in [0.717, 1.165) is 5.56 Å². The van der Waals surface area contributed by atoms with E-state index in [1.807, 2.05) is 30.3 Å². The molecule has 0 spiro atoms. The van der Waals surface area contributed by atoms with Crippen molar-refractivity contribution in [1.82, 2.24) is 15.3 Å². The Balaban J connectivity index is 1.95. The Hall–Kier alpha value is -2.96. The molecule has 1 aromatic carbocycles. The lowest BCUT2D eigenvalue weighted by atomic mass is 10.1. The van der Waals surface area contributed by atoms with Crippen molar-refractivity contribution in [3.63, 3.8) is 0 Å². The van der Waals surface area contributed by atoms with Gasteiger partial charge in [-0.05, 0) is 11.6 Å². The van der Waals surface area contributed by atoms with Gasteiger partial charge in [-0.1, -0.05) is 30.3 Å². The molecule has 0 saturated carbocycles. The maximum atomic E-state index is 11.8. The van der Waals surface area contributed by atoms with Crippen LogP contribution in [-0.4, -0.2) is 27.1 Å². The number of ether oxygens (including phenoxy) is 1. The molecule has 1 amide bonds. The maximum absolute atomic E-state index is 11.8. The highest BCUT2D eigenvalue weighted by molar-refractivity contribution is 5.71. The van der Waals surface area contributed by atoms with Crippen molar-refractivity contribution in [1.29, 1.82) is 0 Å². The van der Waals surface area contributed by atoms with Crippen LogP contribution in [0.15, 0.2) is 48.9 Å². The van der Waals surface area contributed by atoms with Crippen molar-refractivity contribution in [3.8, 4) is 0 Å². The van der Waals surface area contributed by atoms with Gasteiger partial charge in [0.15, 0.2) is 0 Å². The van der Waals surface area contributed by atoms with Crippen LogP contribution in [0.5, 0.6) is 0 Å². The summed E-state index contributed by atoms with van der Waals surface area (Å²) >= 11 is 0. The van der Waals surface area contributed by atoms with Crippen LogP contribution < -0.4 is 5.32 Å². The molecule has 0 saturated heterocycles. The number of aromatic nitrogens is 2. The number of hydrogen-bond donors (Lipinski definition) is 2. The van der Waals surface area contributed by atoms with Crippen LogP contribution in [0.25, 0.3) is 0 Å². The maximum Gasteiger partial charge on any atom is 0.408 e. The summed E-state index contributed by atoms with van der Waals surface area (Å²) in [6.45, 7) is 0.107. The molecule has 114 valence electrons. The second-order valence-corrected chi connectivity index (χ2v) is 4.49. The van der Waals surface area contributed by atoms with E-state index >= 15 is 0 Å². The minimum absolute atomic E-state index is 0.107. The number of nitrogens with one attached hydrogen (secondary N) is 1. The van der Waals surface area contributed by atoms with Gasteiger partial charge in [-0.2, -0.15) is 0 Å². The number of benzene rings is 1. The number of carbonyl (C=O) groups excluding carboxylic acids is 1. The fourth-order valence-corrected chi connectivity index (χ4v) is 1.82. The first-order valence-electron chi connectivity index (χ1n) is 6.60. The van der Waals surface area contributed by atoms with Crippen molar-refractivity contribution in [2.24, 2.45) is 0 Å². The van der Waals surface area contributed by atoms with Crippen LogP contribution in [0.3, 0.4) is 0 Å². The second kappa shape index (κ2) is 7.72. The van der Waals surface area contributed by atoms with Crippen LogP contribution >= 0.6 is 0 Å².